The first-order valence-electron chi connectivity index (χ1n) is 27.7. The van der Waals surface area contributed by atoms with Crippen molar-refractivity contribution in [2.75, 3.05) is 13.2 Å². The topological polar surface area (TPSA) is 169 Å². The lowest BCUT2D eigenvalue weighted by molar-refractivity contribution is -0.302. The molecule has 0 saturated carbocycles. The molecule has 1 heterocycles. The fourth-order valence-electron chi connectivity index (χ4n) is 8.89. The van der Waals surface area contributed by atoms with E-state index in [0.29, 0.717) is 12.8 Å². The Morgan fingerprint density at radius 3 is 1.34 bits per heavy atom. The maximum atomic E-state index is 13.1. The van der Waals surface area contributed by atoms with E-state index in [4.69, 9.17) is 9.47 Å². The van der Waals surface area contributed by atoms with Crippen molar-refractivity contribution in [1.29, 1.82) is 0 Å². The summed E-state index contributed by atoms with van der Waals surface area (Å²) >= 11 is 0. The van der Waals surface area contributed by atoms with Gasteiger partial charge < -0.3 is 45.4 Å². The molecule has 1 rings (SSSR count). The van der Waals surface area contributed by atoms with E-state index in [1.54, 1.807) is 6.08 Å². The molecule has 0 aromatic rings. The highest BCUT2D eigenvalue weighted by Crippen LogP contribution is 2.23. The Labute approximate surface area is 399 Å². The number of hydrogen-bond donors (Lipinski definition) is 7. The minimum absolute atomic E-state index is 0.308. The van der Waals surface area contributed by atoms with Gasteiger partial charge in [-0.05, 0) is 32.1 Å². The van der Waals surface area contributed by atoms with Crippen LogP contribution in [0.3, 0.4) is 0 Å². The number of rotatable bonds is 47. The van der Waals surface area contributed by atoms with Crippen molar-refractivity contribution in [3.8, 4) is 0 Å². The summed E-state index contributed by atoms with van der Waals surface area (Å²) in [5.41, 5.74) is 0. The first kappa shape index (κ1) is 61.6. The van der Waals surface area contributed by atoms with E-state index in [1.165, 1.54) is 193 Å². The highest BCUT2D eigenvalue weighted by atomic mass is 16.7. The van der Waals surface area contributed by atoms with E-state index in [1.807, 2.05) is 6.08 Å². The maximum absolute atomic E-state index is 13.1. The van der Waals surface area contributed by atoms with Gasteiger partial charge in [-0.15, -0.1) is 0 Å². The number of carbonyl (C=O) groups excluding carboxylic acids is 1. The molecule has 0 bridgehead atoms. The van der Waals surface area contributed by atoms with Gasteiger partial charge in [-0.3, -0.25) is 4.79 Å². The number of amides is 1. The SMILES string of the molecule is CCCCCCCCC/C=C/CC/C=C/C(O)C(COC1OC(CO)C(O)C(O)C1O)NC(=O)C(O)CCCCCCCCCCCCCCCCCCCCCCCCCCCCC. The molecule has 0 spiro atoms. The van der Waals surface area contributed by atoms with Crippen LogP contribution < -0.4 is 5.32 Å². The number of allylic oxidation sites excluding steroid dienone is 3. The maximum Gasteiger partial charge on any atom is 0.249 e. The summed E-state index contributed by atoms with van der Waals surface area (Å²) in [4.78, 5) is 13.1. The number of ether oxygens (including phenoxy) is 2. The molecular formula is C55H105NO9. The zero-order valence-electron chi connectivity index (χ0n) is 42.1. The summed E-state index contributed by atoms with van der Waals surface area (Å²) in [7, 11) is 0. The lowest BCUT2D eigenvalue weighted by Gasteiger charge is -2.40. The molecule has 1 aliphatic rings. The summed E-state index contributed by atoms with van der Waals surface area (Å²) in [6, 6.07) is -0.993. The minimum atomic E-state index is -1.61. The summed E-state index contributed by atoms with van der Waals surface area (Å²) in [6.07, 6.45) is 45.8. The molecule has 0 radical (unpaired) electrons. The third-order valence-electron chi connectivity index (χ3n) is 13.4. The van der Waals surface area contributed by atoms with E-state index in [-0.39, 0.29) is 6.61 Å². The Morgan fingerprint density at radius 2 is 0.908 bits per heavy atom. The average molecular weight is 924 g/mol. The second kappa shape index (κ2) is 45.1. The zero-order chi connectivity index (χ0) is 47.4. The molecular weight excluding hydrogens is 819 g/mol. The van der Waals surface area contributed by atoms with Crippen LogP contribution in [-0.4, -0.2) is 98.7 Å². The van der Waals surface area contributed by atoms with Crippen LogP contribution in [0.4, 0.5) is 0 Å². The number of aliphatic hydroxyl groups is 6. The van der Waals surface area contributed by atoms with Crippen molar-refractivity contribution in [1.82, 2.24) is 5.32 Å². The Hall–Kier alpha value is -1.37. The molecule has 7 N–H and O–H groups in total. The number of nitrogens with one attached hydrogen (secondary N) is 1. The van der Waals surface area contributed by atoms with Gasteiger partial charge in [-0.2, -0.15) is 0 Å². The molecule has 0 aromatic carbocycles. The van der Waals surface area contributed by atoms with Crippen molar-refractivity contribution >= 4 is 5.91 Å². The second-order valence-corrected chi connectivity index (χ2v) is 19.5. The molecule has 8 atom stereocenters. The molecule has 65 heavy (non-hydrogen) atoms. The van der Waals surface area contributed by atoms with Crippen LogP contribution in [0.25, 0.3) is 0 Å². The standard InChI is InChI=1S/C55H105NO9/c1-3-5-7-9-11-13-15-17-18-19-20-21-22-23-24-25-26-27-28-29-30-32-34-36-38-40-42-44-49(59)54(63)56-47(46-64-55-53(62)52(61)51(60)50(45-57)65-55)48(58)43-41-39-37-35-33-31-16-14-12-10-8-6-4-2/h33,35,41,43,47-53,55,57-62H,3-32,34,36-40,42,44-46H2,1-2H3,(H,56,63)/b35-33+,43-41+. The smallest absolute Gasteiger partial charge is 0.249 e. The molecule has 0 aromatic heterocycles. The predicted molar refractivity (Wildman–Crippen MR) is 269 cm³/mol. The van der Waals surface area contributed by atoms with Gasteiger partial charge in [0.25, 0.3) is 0 Å². The monoisotopic (exact) mass is 924 g/mol. The number of aliphatic hydroxyl groups excluding tert-OH is 6. The quantitative estimate of drug-likeness (QED) is 0.0232. The fraction of sp³-hybridized carbons (Fsp3) is 0.909. The van der Waals surface area contributed by atoms with Gasteiger partial charge in [0.15, 0.2) is 6.29 Å². The van der Waals surface area contributed by atoms with E-state index in [2.05, 4.69) is 31.3 Å². The summed E-state index contributed by atoms with van der Waals surface area (Å²) in [6.45, 7) is 3.61. The largest absolute Gasteiger partial charge is 0.394 e. The predicted octanol–water partition coefficient (Wildman–Crippen LogP) is 12.0. The van der Waals surface area contributed by atoms with Crippen LogP contribution >= 0.6 is 0 Å². The van der Waals surface area contributed by atoms with Crippen molar-refractivity contribution in [3.63, 3.8) is 0 Å². The normalized spacial score (nSPS) is 20.5. The van der Waals surface area contributed by atoms with Gasteiger partial charge in [-0.25, -0.2) is 0 Å². The lowest BCUT2D eigenvalue weighted by atomic mass is 9.99. The Morgan fingerprint density at radius 1 is 0.523 bits per heavy atom. The Kier molecular flexibility index (Phi) is 42.8. The molecule has 0 aliphatic carbocycles. The van der Waals surface area contributed by atoms with Crippen molar-refractivity contribution in [2.45, 2.75) is 307 Å². The highest BCUT2D eigenvalue weighted by Gasteiger charge is 2.44. The average Bonchev–Trinajstić information content (AvgIpc) is 3.31. The molecule has 1 saturated heterocycles. The summed E-state index contributed by atoms with van der Waals surface area (Å²) in [5.74, 6) is -0.622. The minimum Gasteiger partial charge on any atom is -0.394 e. The zero-order valence-corrected chi connectivity index (χ0v) is 42.1. The molecule has 1 aliphatic heterocycles. The number of hydrogen-bond acceptors (Lipinski definition) is 9. The molecule has 1 amide bonds. The molecule has 10 heteroatoms. The third kappa shape index (κ3) is 34.6. The van der Waals surface area contributed by atoms with E-state index in [9.17, 15) is 35.4 Å². The van der Waals surface area contributed by atoms with Gasteiger partial charge >= 0.3 is 0 Å². The Bertz CT molecular complexity index is 1090. The van der Waals surface area contributed by atoms with Crippen LogP contribution in [0.5, 0.6) is 0 Å². The van der Waals surface area contributed by atoms with Gasteiger partial charge in [0.2, 0.25) is 5.91 Å². The van der Waals surface area contributed by atoms with Crippen molar-refractivity contribution in [2.24, 2.45) is 0 Å². The summed E-state index contributed by atoms with van der Waals surface area (Å²) < 4.78 is 11.1. The van der Waals surface area contributed by atoms with Gasteiger partial charge in [0.1, 0.15) is 30.5 Å². The summed E-state index contributed by atoms with van der Waals surface area (Å²) in [5, 5.41) is 64.8. The van der Waals surface area contributed by atoms with Crippen molar-refractivity contribution in [3.05, 3.63) is 24.3 Å². The van der Waals surface area contributed by atoms with Gasteiger partial charge in [0, 0.05) is 0 Å². The number of unbranched alkanes of at least 4 members (excludes halogenated alkanes) is 34. The Balaban J connectivity index is 2.22. The molecule has 10 nitrogen and oxygen atoms in total. The van der Waals surface area contributed by atoms with Crippen LogP contribution in [0.1, 0.15) is 258 Å². The van der Waals surface area contributed by atoms with Crippen LogP contribution in [-0.2, 0) is 14.3 Å². The molecule has 384 valence electrons. The van der Waals surface area contributed by atoms with Crippen LogP contribution in [0, 0.1) is 0 Å². The van der Waals surface area contributed by atoms with Gasteiger partial charge in [0.05, 0.1) is 25.4 Å². The van der Waals surface area contributed by atoms with Crippen LogP contribution in [0.15, 0.2) is 24.3 Å². The second-order valence-electron chi connectivity index (χ2n) is 19.5. The number of carbonyl (C=O) groups is 1. The van der Waals surface area contributed by atoms with Crippen LogP contribution in [0.2, 0.25) is 0 Å². The first-order chi connectivity index (χ1) is 31.8. The van der Waals surface area contributed by atoms with Gasteiger partial charge in [-0.1, -0.05) is 250 Å². The first-order valence-corrected chi connectivity index (χ1v) is 27.7. The van der Waals surface area contributed by atoms with E-state index in [0.717, 1.165) is 38.5 Å². The highest BCUT2D eigenvalue weighted by molar-refractivity contribution is 5.80. The van der Waals surface area contributed by atoms with E-state index >= 15 is 0 Å². The van der Waals surface area contributed by atoms with Crippen molar-refractivity contribution < 1.29 is 44.9 Å². The molecule has 8 unspecified atom stereocenters. The van der Waals surface area contributed by atoms with E-state index < -0.39 is 61.5 Å². The lowest BCUT2D eigenvalue weighted by Crippen LogP contribution is -2.60. The third-order valence-corrected chi connectivity index (χ3v) is 13.4. The molecule has 1 fully saturated rings. The fourth-order valence-corrected chi connectivity index (χ4v) is 8.89.